The molecule has 0 aliphatic heterocycles. The van der Waals surface area contributed by atoms with E-state index in [2.05, 4.69) is 20.0 Å². The molecule has 2 aromatic carbocycles. The minimum atomic E-state index is -0.331. The van der Waals surface area contributed by atoms with Crippen LogP contribution in [0.5, 0.6) is 5.75 Å². The first-order chi connectivity index (χ1) is 14.6. The van der Waals surface area contributed by atoms with Crippen molar-refractivity contribution in [3.05, 3.63) is 64.1 Å². The maximum absolute atomic E-state index is 12.4. The summed E-state index contributed by atoms with van der Waals surface area (Å²) in [6.45, 7) is 2.86. The average molecular weight is 440 g/mol. The number of nitrogens with zero attached hydrogens (tertiary/aromatic N) is 4. The number of aryl methyl sites for hydroxylation is 1. The van der Waals surface area contributed by atoms with Crippen LogP contribution in [0.25, 0.3) is 22.2 Å². The monoisotopic (exact) mass is 439 g/mol. The van der Waals surface area contributed by atoms with Gasteiger partial charge < -0.3 is 4.74 Å². The lowest BCUT2D eigenvalue weighted by Crippen LogP contribution is -2.16. The fourth-order valence-electron chi connectivity index (χ4n) is 3.04. The minimum absolute atomic E-state index is 0.331. The van der Waals surface area contributed by atoms with E-state index in [-0.39, 0.29) is 5.91 Å². The summed E-state index contributed by atoms with van der Waals surface area (Å²) >= 11 is 7.10. The fourth-order valence-corrected chi connectivity index (χ4v) is 3.85. The molecule has 0 fully saturated rings. The van der Waals surface area contributed by atoms with Gasteiger partial charge in [0.2, 0.25) is 0 Å². The summed E-state index contributed by atoms with van der Waals surface area (Å²) in [7, 11) is 1.56. The first-order valence-corrected chi connectivity index (χ1v) is 10.3. The first kappa shape index (κ1) is 20.1. The lowest BCUT2D eigenvalue weighted by atomic mass is 10.1. The number of hydrogen-bond donors (Lipinski definition) is 1. The molecule has 0 atom stereocenters. The van der Waals surface area contributed by atoms with Gasteiger partial charge in [-0.1, -0.05) is 17.7 Å². The molecule has 9 heteroatoms. The molecular weight excluding hydrogens is 422 g/mol. The smallest absolute Gasteiger partial charge is 0.283 e. The highest BCUT2D eigenvalue weighted by Gasteiger charge is 2.14. The van der Waals surface area contributed by atoms with Crippen LogP contribution in [0.4, 0.5) is 0 Å². The van der Waals surface area contributed by atoms with Gasteiger partial charge in [-0.15, -0.1) is 0 Å². The number of benzene rings is 2. The molecule has 2 aromatic heterocycles. The SMILES string of the molecule is CCn1ncc2cc(/C=N/NC(=O)c3cc(-c4ccc(Cl)cc4OC)ns3)ccc21. The summed E-state index contributed by atoms with van der Waals surface area (Å²) in [6.07, 6.45) is 3.42. The molecule has 2 heterocycles. The Bertz CT molecular complexity index is 1250. The maximum Gasteiger partial charge on any atom is 0.283 e. The zero-order valence-electron chi connectivity index (χ0n) is 16.3. The third-order valence-corrected chi connectivity index (χ3v) is 5.54. The van der Waals surface area contributed by atoms with Crippen LogP contribution in [0.15, 0.2) is 53.8 Å². The number of ether oxygens (including phenoxy) is 1. The molecule has 4 rings (SSSR count). The van der Waals surface area contributed by atoms with E-state index in [9.17, 15) is 4.79 Å². The summed E-state index contributed by atoms with van der Waals surface area (Å²) in [5.41, 5.74) is 5.88. The van der Waals surface area contributed by atoms with E-state index in [4.69, 9.17) is 16.3 Å². The summed E-state index contributed by atoms with van der Waals surface area (Å²) in [6, 6.07) is 12.9. The highest BCUT2D eigenvalue weighted by Crippen LogP contribution is 2.33. The Kier molecular flexibility index (Phi) is 5.78. The molecule has 152 valence electrons. The van der Waals surface area contributed by atoms with Gasteiger partial charge in [-0.3, -0.25) is 9.48 Å². The number of rotatable bonds is 6. The van der Waals surface area contributed by atoms with E-state index in [0.717, 1.165) is 40.1 Å². The molecule has 0 saturated carbocycles. The molecule has 1 N–H and O–H groups in total. The lowest BCUT2D eigenvalue weighted by molar-refractivity contribution is 0.0959. The Morgan fingerprint density at radius 3 is 2.97 bits per heavy atom. The van der Waals surface area contributed by atoms with Crippen molar-refractivity contribution < 1.29 is 9.53 Å². The van der Waals surface area contributed by atoms with Crippen molar-refractivity contribution in [2.45, 2.75) is 13.5 Å². The van der Waals surface area contributed by atoms with E-state index in [1.165, 1.54) is 0 Å². The van der Waals surface area contributed by atoms with Crippen LogP contribution in [0, 0.1) is 0 Å². The molecule has 0 bridgehead atoms. The second kappa shape index (κ2) is 8.64. The van der Waals surface area contributed by atoms with Gasteiger partial charge in [-0.2, -0.15) is 14.6 Å². The zero-order chi connectivity index (χ0) is 21.1. The predicted octanol–water partition coefficient (Wildman–Crippen LogP) is 4.61. The van der Waals surface area contributed by atoms with Crippen LogP contribution in [0.1, 0.15) is 22.2 Å². The molecule has 0 spiro atoms. The quantitative estimate of drug-likeness (QED) is 0.351. The van der Waals surface area contributed by atoms with Gasteiger partial charge in [0.25, 0.3) is 5.91 Å². The van der Waals surface area contributed by atoms with Crippen molar-refractivity contribution in [1.29, 1.82) is 0 Å². The molecule has 0 saturated heterocycles. The summed E-state index contributed by atoms with van der Waals surface area (Å²) < 4.78 is 11.6. The molecule has 0 aliphatic carbocycles. The van der Waals surface area contributed by atoms with E-state index in [1.807, 2.05) is 42.1 Å². The number of aromatic nitrogens is 3. The maximum atomic E-state index is 12.4. The van der Waals surface area contributed by atoms with E-state index < -0.39 is 0 Å². The van der Waals surface area contributed by atoms with Gasteiger partial charge in [0.15, 0.2) is 0 Å². The Balaban J connectivity index is 1.46. The first-order valence-electron chi connectivity index (χ1n) is 9.18. The number of hydrazone groups is 1. The second-order valence-electron chi connectivity index (χ2n) is 6.40. The second-order valence-corrected chi connectivity index (χ2v) is 7.64. The van der Waals surface area contributed by atoms with Crippen molar-refractivity contribution in [1.82, 2.24) is 19.6 Å². The topological polar surface area (TPSA) is 81.4 Å². The molecule has 0 radical (unpaired) electrons. The van der Waals surface area contributed by atoms with Crippen LogP contribution < -0.4 is 10.2 Å². The van der Waals surface area contributed by atoms with Crippen molar-refractivity contribution in [2.24, 2.45) is 5.10 Å². The Labute approximate surface area is 182 Å². The predicted molar refractivity (Wildman–Crippen MR) is 120 cm³/mol. The van der Waals surface area contributed by atoms with Crippen LogP contribution in [0.3, 0.4) is 0 Å². The van der Waals surface area contributed by atoms with Crippen LogP contribution >= 0.6 is 23.1 Å². The van der Waals surface area contributed by atoms with Crippen LogP contribution in [0.2, 0.25) is 5.02 Å². The lowest BCUT2D eigenvalue weighted by Gasteiger charge is -2.06. The number of amides is 1. The molecule has 7 nitrogen and oxygen atoms in total. The number of nitrogens with one attached hydrogen (secondary N) is 1. The number of hydrogen-bond acceptors (Lipinski definition) is 6. The van der Waals surface area contributed by atoms with E-state index in [0.29, 0.717) is 21.3 Å². The van der Waals surface area contributed by atoms with Crippen molar-refractivity contribution in [3.8, 4) is 17.0 Å². The molecule has 1 amide bonds. The third-order valence-electron chi connectivity index (χ3n) is 4.52. The van der Waals surface area contributed by atoms with Gasteiger partial charge in [0, 0.05) is 22.5 Å². The standard InChI is InChI=1S/C21H18ClN5O2S/c1-3-27-18-7-4-13(8-14(18)12-24-27)11-23-25-21(28)20-10-17(26-30-20)16-6-5-15(22)9-19(16)29-2/h4-12H,3H2,1-2H3,(H,25,28)/b23-11+. The number of carbonyl (C=O) groups excluding carboxylic acids is 1. The van der Waals surface area contributed by atoms with Gasteiger partial charge in [0.05, 0.1) is 30.7 Å². The molecule has 30 heavy (non-hydrogen) atoms. The normalized spacial score (nSPS) is 11.3. The Morgan fingerprint density at radius 2 is 2.17 bits per heavy atom. The highest BCUT2D eigenvalue weighted by molar-refractivity contribution is 7.08. The molecule has 4 aromatic rings. The minimum Gasteiger partial charge on any atom is -0.496 e. The summed E-state index contributed by atoms with van der Waals surface area (Å²) in [4.78, 5) is 12.9. The molecule has 0 aliphatic rings. The summed E-state index contributed by atoms with van der Waals surface area (Å²) in [5, 5.41) is 9.98. The van der Waals surface area contributed by atoms with Gasteiger partial charge in [-0.25, -0.2) is 5.43 Å². The van der Waals surface area contributed by atoms with Crippen molar-refractivity contribution in [3.63, 3.8) is 0 Å². The van der Waals surface area contributed by atoms with Gasteiger partial charge in [-0.05, 0) is 60.4 Å². The number of fused-ring (bicyclic) bond motifs is 1. The van der Waals surface area contributed by atoms with Gasteiger partial charge in [0.1, 0.15) is 10.6 Å². The molecular formula is C21H18ClN5O2S. The Hall–Kier alpha value is -3.23. The third kappa shape index (κ3) is 4.05. The Morgan fingerprint density at radius 1 is 1.30 bits per heavy atom. The zero-order valence-corrected chi connectivity index (χ0v) is 17.9. The van der Waals surface area contributed by atoms with E-state index in [1.54, 1.807) is 31.5 Å². The van der Waals surface area contributed by atoms with Crippen LogP contribution in [-0.4, -0.2) is 33.4 Å². The summed E-state index contributed by atoms with van der Waals surface area (Å²) in [5.74, 6) is 0.266. The number of halogens is 1. The van der Waals surface area contributed by atoms with Crippen molar-refractivity contribution in [2.75, 3.05) is 7.11 Å². The fraction of sp³-hybridized carbons (Fsp3) is 0.143. The number of carbonyl (C=O) groups is 1. The largest absolute Gasteiger partial charge is 0.496 e. The van der Waals surface area contributed by atoms with Crippen molar-refractivity contribution >= 4 is 46.2 Å². The van der Waals surface area contributed by atoms with E-state index >= 15 is 0 Å². The molecule has 0 unspecified atom stereocenters. The van der Waals surface area contributed by atoms with Crippen LogP contribution in [-0.2, 0) is 6.54 Å². The highest BCUT2D eigenvalue weighted by atomic mass is 35.5. The van der Waals surface area contributed by atoms with Gasteiger partial charge >= 0.3 is 0 Å². The average Bonchev–Trinajstić information content (AvgIpc) is 3.40. The number of methoxy groups -OCH3 is 1.